The van der Waals surface area contributed by atoms with E-state index < -0.39 is 5.97 Å². The van der Waals surface area contributed by atoms with Crippen molar-refractivity contribution in [1.82, 2.24) is 0 Å². The number of benzene rings is 1. The average molecular weight is 327 g/mol. The highest BCUT2D eigenvalue weighted by Crippen LogP contribution is 2.37. The van der Waals surface area contributed by atoms with Gasteiger partial charge in [0.1, 0.15) is 0 Å². The van der Waals surface area contributed by atoms with Gasteiger partial charge in [-0.3, -0.25) is 0 Å². The summed E-state index contributed by atoms with van der Waals surface area (Å²) in [5.74, 6) is 0.140. The molecule has 1 rings (SSSR count). The highest BCUT2D eigenvalue weighted by Gasteiger charge is 2.10. The number of halogens is 1. The van der Waals surface area contributed by atoms with E-state index in [1.54, 1.807) is 18.2 Å². The van der Waals surface area contributed by atoms with Crippen LogP contribution in [-0.2, 0) is 4.79 Å². The SMILES string of the molecule is C=CCCOc1c(Br)cc(C=CC(=O)O)cc1OC. The van der Waals surface area contributed by atoms with Gasteiger partial charge in [-0.1, -0.05) is 6.08 Å². The van der Waals surface area contributed by atoms with E-state index >= 15 is 0 Å². The number of carboxylic acids is 1. The second-order valence-corrected chi connectivity index (χ2v) is 4.49. The summed E-state index contributed by atoms with van der Waals surface area (Å²) in [7, 11) is 1.53. The van der Waals surface area contributed by atoms with Crippen LogP contribution in [-0.4, -0.2) is 24.8 Å². The van der Waals surface area contributed by atoms with Crippen LogP contribution in [0.25, 0.3) is 6.08 Å². The van der Waals surface area contributed by atoms with Gasteiger partial charge in [0.05, 0.1) is 18.2 Å². The zero-order valence-electron chi connectivity index (χ0n) is 10.6. The lowest BCUT2D eigenvalue weighted by atomic mass is 10.2. The fourth-order valence-corrected chi connectivity index (χ4v) is 1.96. The third kappa shape index (κ3) is 4.79. The second kappa shape index (κ2) is 7.63. The molecule has 0 unspecified atom stereocenters. The molecule has 1 aromatic rings. The number of rotatable bonds is 7. The van der Waals surface area contributed by atoms with Crippen molar-refractivity contribution in [3.8, 4) is 11.5 Å². The Hall–Kier alpha value is -1.75. The molecule has 5 heteroatoms. The Balaban J connectivity index is 3.00. The van der Waals surface area contributed by atoms with Crippen LogP contribution in [0.3, 0.4) is 0 Å². The molecule has 0 aliphatic carbocycles. The molecule has 4 nitrogen and oxygen atoms in total. The largest absolute Gasteiger partial charge is 0.493 e. The van der Waals surface area contributed by atoms with Crippen LogP contribution in [0, 0.1) is 0 Å². The lowest BCUT2D eigenvalue weighted by Crippen LogP contribution is -1.99. The normalized spacial score (nSPS) is 10.4. The predicted octanol–water partition coefficient (Wildman–Crippen LogP) is 3.51. The molecule has 0 radical (unpaired) electrons. The minimum absolute atomic E-state index is 0.503. The first kappa shape index (κ1) is 15.3. The molecule has 0 heterocycles. The summed E-state index contributed by atoms with van der Waals surface area (Å²) in [4.78, 5) is 10.5. The minimum Gasteiger partial charge on any atom is -0.493 e. The maximum atomic E-state index is 10.5. The molecule has 0 amide bonds. The van der Waals surface area contributed by atoms with Gasteiger partial charge in [0.25, 0.3) is 0 Å². The van der Waals surface area contributed by atoms with Gasteiger partial charge in [0, 0.05) is 6.08 Å². The van der Waals surface area contributed by atoms with Crippen LogP contribution in [0.1, 0.15) is 12.0 Å². The van der Waals surface area contributed by atoms with Gasteiger partial charge in [-0.05, 0) is 46.1 Å². The molecule has 0 aliphatic rings. The maximum absolute atomic E-state index is 10.5. The summed E-state index contributed by atoms with van der Waals surface area (Å²) in [6, 6.07) is 3.48. The molecule has 19 heavy (non-hydrogen) atoms. The first-order chi connectivity index (χ1) is 9.08. The van der Waals surface area contributed by atoms with Crippen molar-refractivity contribution < 1.29 is 19.4 Å². The van der Waals surface area contributed by atoms with E-state index in [0.717, 1.165) is 12.5 Å². The van der Waals surface area contributed by atoms with Crippen molar-refractivity contribution in [2.24, 2.45) is 0 Å². The van der Waals surface area contributed by atoms with Crippen LogP contribution in [0.5, 0.6) is 11.5 Å². The van der Waals surface area contributed by atoms with Crippen LogP contribution >= 0.6 is 15.9 Å². The van der Waals surface area contributed by atoms with Crippen LogP contribution in [0.2, 0.25) is 0 Å². The van der Waals surface area contributed by atoms with Crippen molar-refractivity contribution >= 4 is 28.0 Å². The molecular weight excluding hydrogens is 312 g/mol. The van der Waals surface area contributed by atoms with E-state index in [-0.39, 0.29) is 0 Å². The van der Waals surface area contributed by atoms with E-state index in [4.69, 9.17) is 14.6 Å². The molecule has 0 saturated carbocycles. The summed E-state index contributed by atoms with van der Waals surface area (Å²) < 4.78 is 11.5. The fourth-order valence-electron chi connectivity index (χ4n) is 1.39. The number of methoxy groups -OCH3 is 1. The van der Waals surface area contributed by atoms with Gasteiger partial charge in [0.2, 0.25) is 0 Å². The minimum atomic E-state index is -0.999. The van der Waals surface area contributed by atoms with E-state index in [1.165, 1.54) is 13.2 Å². The van der Waals surface area contributed by atoms with Crippen molar-refractivity contribution in [3.63, 3.8) is 0 Å². The van der Waals surface area contributed by atoms with Crippen molar-refractivity contribution in [1.29, 1.82) is 0 Å². The van der Waals surface area contributed by atoms with Crippen LogP contribution in [0.15, 0.2) is 35.3 Å². The third-order valence-corrected chi connectivity index (χ3v) is 2.83. The molecule has 0 spiro atoms. The summed E-state index contributed by atoms with van der Waals surface area (Å²) in [6.07, 6.45) is 5.06. The molecule has 1 aromatic carbocycles. The molecular formula is C14H15BrO4. The molecule has 0 saturated heterocycles. The van der Waals surface area contributed by atoms with Gasteiger partial charge in [0.15, 0.2) is 11.5 Å². The van der Waals surface area contributed by atoms with E-state index in [2.05, 4.69) is 22.5 Å². The molecule has 102 valence electrons. The first-order valence-electron chi connectivity index (χ1n) is 5.60. The molecule has 1 N–H and O–H groups in total. The van der Waals surface area contributed by atoms with Crippen LogP contribution < -0.4 is 9.47 Å². The Morgan fingerprint density at radius 3 is 2.84 bits per heavy atom. The summed E-state index contributed by atoms with van der Waals surface area (Å²) >= 11 is 3.39. The quantitative estimate of drug-likeness (QED) is 0.473. The van der Waals surface area contributed by atoms with Gasteiger partial charge in [-0.25, -0.2) is 4.79 Å². The Morgan fingerprint density at radius 2 is 2.26 bits per heavy atom. The maximum Gasteiger partial charge on any atom is 0.328 e. The van der Waals surface area contributed by atoms with Crippen LogP contribution in [0.4, 0.5) is 0 Å². The lowest BCUT2D eigenvalue weighted by molar-refractivity contribution is -0.131. The predicted molar refractivity (Wildman–Crippen MR) is 77.7 cm³/mol. The number of carbonyl (C=O) groups is 1. The number of ether oxygens (including phenoxy) is 2. The van der Waals surface area contributed by atoms with E-state index in [0.29, 0.717) is 28.1 Å². The summed E-state index contributed by atoms with van der Waals surface area (Å²) in [5, 5.41) is 8.60. The van der Waals surface area contributed by atoms with Crippen molar-refractivity contribution in [2.75, 3.05) is 13.7 Å². The van der Waals surface area contributed by atoms with E-state index in [1.807, 2.05) is 0 Å². The molecule has 0 aromatic heterocycles. The zero-order chi connectivity index (χ0) is 14.3. The van der Waals surface area contributed by atoms with Crippen molar-refractivity contribution in [3.05, 3.63) is 40.9 Å². The van der Waals surface area contributed by atoms with Gasteiger partial charge in [-0.15, -0.1) is 6.58 Å². The van der Waals surface area contributed by atoms with Gasteiger partial charge in [-0.2, -0.15) is 0 Å². The summed E-state index contributed by atoms with van der Waals surface area (Å²) in [5.41, 5.74) is 0.710. The Kier molecular flexibility index (Phi) is 6.15. The monoisotopic (exact) mass is 326 g/mol. The third-order valence-electron chi connectivity index (χ3n) is 2.24. The first-order valence-corrected chi connectivity index (χ1v) is 6.40. The van der Waals surface area contributed by atoms with Gasteiger partial charge >= 0.3 is 5.97 Å². The Bertz CT molecular complexity index is 494. The highest BCUT2D eigenvalue weighted by molar-refractivity contribution is 9.10. The molecule has 0 atom stereocenters. The molecule has 0 bridgehead atoms. The number of aliphatic carboxylic acids is 1. The lowest BCUT2D eigenvalue weighted by Gasteiger charge is -2.12. The van der Waals surface area contributed by atoms with E-state index in [9.17, 15) is 4.79 Å². The van der Waals surface area contributed by atoms with Gasteiger partial charge < -0.3 is 14.6 Å². The van der Waals surface area contributed by atoms with Crippen molar-refractivity contribution in [2.45, 2.75) is 6.42 Å². The molecule has 0 fully saturated rings. The Morgan fingerprint density at radius 1 is 1.53 bits per heavy atom. The standard InChI is InChI=1S/C14H15BrO4/c1-3-4-7-19-14-11(15)8-10(5-6-13(16)17)9-12(14)18-2/h3,5-6,8-9H,1,4,7H2,2H3,(H,16,17). The average Bonchev–Trinajstić information content (AvgIpc) is 2.38. The summed E-state index contributed by atoms with van der Waals surface area (Å²) in [6.45, 7) is 4.13. The smallest absolute Gasteiger partial charge is 0.328 e. The highest BCUT2D eigenvalue weighted by atomic mass is 79.9. The topological polar surface area (TPSA) is 55.8 Å². The number of hydrogen-bond acceptors (Lipinski definition) is 3. The number of carboxylic acid groups (broad SMARTS) is 1. The fraction of sp³-hybridized carbons (Fsp3) is 0.214. The molecule has 0 aliphatic heterocycles. The second-order valence-electron chi connectivity index (χ2n) is 3.63. The Labute approximate surface area is 120 Å². The zero-order valence-corrected chi connectivity index (χ0v) is 12.1. The number of hydrogen-bond donors (Lipinski definition) is 1.